The lowest BCUT2D eigenvalue weighted by Crippen LogP contribution is -2.35. The van der Waals surface area contributed by atoms with Crippen LogP contribution in [-0.2, 0) is 22.4 Å². The Morgan fingerprint density at radius 1 is 1.19 bits per heavy atom. The van der Waals surface area contributed by atoms with Gasteiger partial charge in [-0.1, -0.05) is 38.1 Å². The first-order valence-corrected chi connectivity index (χ1v) is 9.04. The average Bonchev–Trinajstić information content (AvgIpc) is 2.45. The molecule has 1 rings (SSSR count). The zero-order valence-corrected chi connectivity index (χ0v) is 13.7. The fourth-order valence-corrected chi connectivity index (χ4v) is 3.31. The van der Waals surface area contributed by atoms with Gasteiger partial charge in [0.15, 0.2) is 0 Å². The zero-order valence-electron chi connectivity index (χ0n) is 12.9. The van der Waals surface area contributed by atoms with Crippen molar-refractivity contribution in [3.8, 4) is 0 Å². The van der Waals surface area contributed by atoms with Gasteiger partial charge >= 0.3 is 0 Å². The monoisotopic (exact) mass is 314 g/mol. The van der Waals surface area contributed by atoms with Crippen molar-refractivity contribution in [3.05, 3.63) is 35.4 Å². The summed E-state index contributed by atoms with van der Waals surface area (Å²) < 4.78 is 26.7. The van der Waals surface area contributed by atoms with Crippen LogP contribution in [0.15, 0.2) is 24.3 Å². The number of sulfonamides is 1. The molecule has 6 heteroatoms. The van der Waals surface area contributed by atoms with E-state index in [0.29, 0.717) is 12.1 Å². The predicted octanol–water partition coefficient (Wildman–Crippen LogP) is 1.33. The summed E-state index contributed by atoms with van der Waals surface area (Å²) in [7, 11) is -3.34. The summed E-state index contributed by atoms with van der Waals surface area (Å²) in [6, 6.07) is 7.01. The third-order valence-electron chi connectivity index (χ3n) is 3.27. The SMILES string of the molecule is CCCN(CC)CCNS(=O)(=O)Cc1cccc(CO)c1. The van der Waals surface area contributed by atoms with Crippen molar-refractivity contribution in [1.29, 1.82) is 0 Å². The van der Waals surface area contributed by atoms with E-state index >= 15 is 0 Å². The molecule has 0 aromatic heterocycles. The lowest BCUT2D eigenvalue weighted by atomic mass is 10.1. The maximum absolute atomic E-state index is 12.0. The molecule has 0 saturated heterocycles. The Kier molecular flexibility index (Phi) is 7.88. The maximum Gasteiger partial charge on any atom is 0.215 e. The quantitative estimate of drug-likeness (QED) is 0.683. The number of likely N-dealkylation sites (N-methyl/N-ethyl adjacent to an activating group) is 1. The van der Waals surface area contributed by atoms with Gasteiger partial charge in [-0.2, -0.15) is 0 Å². The second-order valence-corrected chi connectivity index (χ2v) is 6.87. The zero-order chi connectivity index (χ0) is 15.7. The molecule has 0 amide bonds. The Labute approximate surface area is 128 Å². The lowest BCUT2D eigenvalue weighted by Gasteiger charge is -2.19. The first-order chi connectivity index (χ1) is 10.0. The molecule has 0 heterocycles. The molecule has 0 aliphatic carbocycles. The molecule has 21 heavy (non-hydrogen) atoms. The number of benzene rings is 1. The van der Waals surface area contributed by atoms with E-state index in [9.17, 15) is 8.42 Å². The molecule has 0 bridgehead atoms. The van der Waals surface area contributed by atoms with Crippen molar-refractivity contribution in [1.82, 2.24) is 9.62 Å². The summed E-state index contributed by atoms with van der Waals surface area (Å²) in [6.07, 6.45) is 1.06. The summed E-state index contributed by atoms with van der Waals surface area (Å²) in [5.41, 5.74) is 1.41. The molecule has 5 nitrogen and oxygen atoms in total. The largest absolute Gasteiger partial charge is 0.392 e. The maximum atomic E-state index is 12.0. The second kappa shape index (κ2) is 9.15. The average molecular weight is 314 g/mol. The normalized spacial score (nSPS) is 12.0. The van der Waals surface area contributed by atoms with Crippen LogP contribution in [0.2, 0.25) is 0 Å². The molecule has 1 aromatic rings. The van der Waals surface area contributed by atoms with Gasteiger partial charge in [0.25, 0.3) is 0 Å². The minimum Gasteiger partial charge on any atom is -0.392 e. The third-order valence-corrected chi connectivity index (χ3v) is 4.63. The fraction of sp³-hybridized carbons (Fsp3) is 0.600. The number of hydrogen-bond donors (Lipinski definition) is 2. The lowest BCUT2D eigenvalue weighted by molar-refractivity contribution is 0.281. The molecule has 0 spiro atoms. The van der Waals surface area contributed by atoms with Gasteiger partial charge in [0.05, 0.1) is 12.4 Å². The summed E-state index contributed by atoms with van der Waals surface area (Å²) in [6.45, 7) is 7.16. The van der Waals surface area contributed by atoms with Crippen LogP contribution in [0.1, 0.15) is 31.4 Å². The highest BCUT2D eigenvalue weighted by Gasteiger charge is 2.12. The smallest absolute Gasteiger partial charge is 0.215 e. The Morgan fingerprint density at radius 3 is 2.52 bits per heavy atom. The standard InChI is InChI=1S/C15H26N2O3S/c1-3-9-17(4-2)10-8-16-21(19,20)13-15-7-5-6-14(11-15)12-18/h5-7,11,16,18H,3-4,8-10,12-13H2,1-2H3. The van der Waals surface area contributed by atoms with Crippen LogP contribution in [0.5, 0.6) is 0 Å². The van der Waals surface area contributed by atoms with Gasteiger partial charge < -0.3 is 10.0 Å². The summed E-state index contributed by atoms with van der Waals surface area (Å²) in [4.78, 5) is 2.22. The Hall–Kier alpha value is -0.950. The van der Waals surface area contributed by atoms with Gasteiger partial charge in [-0.15, -0.1) is 0 Å². The van der Waals surface area contributed by atoms with Crippen molar-refractivity contribution in [2.24, 2.45) is 0 Å². The van der Waals surface area contributed by atoms with E-state index in [1.54, 1.807) is 24.3 Å². The van der Waals surface area contributed by atoms with Crippen molar-refractivity contribution in [2.45, 2.75) is 32.6 Å². The molecule has 0 fully saturated rings. The molecule has 120 valence electrons. The highest BCUT2D eigenvalue weighted by atomic mass is 32.2. The predicted molar refractivity (Wildman–Crippen MR) is 85.4 cm³/mol. The highest BCUT2D eigenvalue weighted by molar-refractivity contribution is 7.88. The number of nitrogens with one attached hydrogen (secondary N) is 1. The fourth-order valence-electron chi connectivity index (χ4n) is 2.19. The van der Waals surface area contributed by atoms with Gasteiger partial charge in [-0.25, -0.2) is 13.1 Å². The van der Waals surface area contributed by atoms with Gasteiger partial charge in [0.1, 0.15) is 0 Å². The van der Waals surface area contributed by atoms with Crippen molar-refractivity contribution < 1.29 is 13.5 Å². The van der Waals surface area contributed by atoms with Crippen LogP contribution < -0.4 is 4.72 Å². The van der Waals surface area contributed by atoms with Crippen molar-refractivity contribution >= 4 is 10.0 Å². The Bertz CT molecular complexity index is 517. The molecule has 0 aliphatic rings. The van der Waals surface area contributed by atoms with E-state index < -0.39 is 10.0 Å². The van der Waals surface area contributed by atoms with E-state index in [0.717, 1.165) is 31.6 Å². The molecule has 2 N–H and O–H groups in total. The first kappa shape index (κ1) is 18.1. The molecule has 0 unspecified atom stereocenters. The van der Waals surface area contributed by atoms with Gasteiger partial charge in [-0.3, -0.25) is 0 Å². The van der Waals surface area contributed by atoms with E-state index in [1.807, 2.05) is 0 Å². The number of aliphatic hydroxyl groups excluding tert-OH is 1. The van der Waals surface area contributed by atoms with Gasteiger partial charge in [-0.05, 0) is 30.6 Å². The number of nitrogens with zero attached hydrogens (tertiary/aromatic N) is 1. The minimum absolute atomic E-state index is 0.0548. The van der Waals surface area contributed by atoms with Crippen LogP contribution in [0, 0.1) is 0 Å². The molecular weight excluding hydrogens is 288 g/mol. The van der Waals surface area contributed by atoms with Crippen LogP contribution >= 0.6 is 0 Å². The van der Waals surface area contributed by atoms with Crippen LogP contribution in [0.4, 0.5) is 0 Å². The summed E-state index contributed by atoms with van der Waals surface area (Å²) in [5, 5.41) is 9.07. The van der Waals surface area contributed by atoms with E-state index in [2.05, 4.69) is 23.5 Å². The molecule has 1 aromatic carbocycles. The van der Waals surface area contributed by atoms with E-state index in [-0.39, 0.29) is 12.4 Å². The highest BCUT2D eigenvalue weighted by Crippen LogP contribution is 2.08. The van der Waals surface area contributed by atoms with E-state index in [1.165, 1.54) is 0 Å². The topological polar surface area (TPSA) is 69.6 Å². The van der Waals surface area contributed by atoms with E-state index in [4.69, 9.17) is 5.11 Å². The summed E-state index contributed by atoms with van der Waals surface area (Å²) >= 11 is 0. The van der Waals surface area contributed by atoms with Gasteiger partial charge in [0.2, 0.25) is 10.0 Å². The molecule has 0 atom stereocenters. The Balaban J connectivity index is 2.49. The number of hydrogen-bond acceptors (Lipinski definition) is 4. The Morgan fingerprint density at radius 2 is 1.90 bits per heavy atom. The van der Waals surface area contributed by atoms with Crippen molar-refractivity contribution in [3.63, 3.8) is 0 Å². The number of aliphatic hydroxyl groups is 1. The van der Waals surface area contributed by atoms with Crippen LogP contribution in [0.25, 0.3) is 0 Å². The minimum atomic E-state index is -3.34. The van der Waals surface area contributed by atoms with Crippen LogP contribution in [-0.4, -0.2) is 44.6 Å². The second-order valence-electron chi connectivity index (χ2n) is 5.07. The first-order valence-electron chi connectivity index (χ1n) is 7.39. The third kappa shape index (κ3) is 7.04. The molecule has 0 saturated carbocycles. The number of rotatable bonds is 10. The van der Waals surface area contributed by atoms with Crippen molar-refractivity contribution in [2.75, 3.05) is 26.2 Å². The molecular formula is C15H26N2O3S. The summed E-state index contributed by atoms with van der Waals surface area (Å²) in [5.74, 6) is -0.0548. The van der Waals surface area contributed by atoms with Crippen LogP contribution in [0.3, 0.4) is 0 Å². The molecule has 0 radical (unpaired) electrons. The molecule has 0 aliphatic heterocycles. The van der Waals surface area contributed by atoms with Gasteiger partial charge in [0, 0.05) is 13.1 Å².